The molecule has 2 unspecified atom stereocenters. The summed E-state index contributed by atoms with van der Waals surface area (Å²) in [5.74, 6) is 2.36. The highest BCUT2D eigenvalue weighted by atomic mass is 14.7. The Morgan fingerprint density at radius 1 is 1.18 bits per heavy atom. The Kier molecular flexibility index (Phi) is 4.22. The third kappa shape index (κ3) is 3.32. The first-order valence-corrected chi connectivity index (χ1v) is 6.96. The average Bonchev–Trinajstić information content (AvgIpc) is 2.33. The molecule has 1 aromatic carbocycles. The van der Waals surface area contributed by atoms with Gasteiger partial charge in [0.2, 0.25) is 0 Å². The van der Waals surface area contributed by atoms with Gasteiger partial charge in [-0.25, -0.2) is 0 Å². The Labute approximate surface area is 105 Å². The largest absolute Gasteiger partial charge is 0.327 e. The van der Waals surface area contributed by atoms with Gasteiger partial charge in [-0.1, -0.05) is 44.2 Å². The second-order valence-electron chi connectivity index (χ2n) is 5.93. The Balaban J connectivity index is 1.99. The molecule has 1 fully saturated rings. The van der Waals surface area contributed by atoms with E-state index in [0.29, 0.717) is 12.0 Å². The van der Waals surface area contributed by atoms with Crippen LogP contribution in [0.5, 0.6) is 0 Å². The van der Waals surface area contributed by atoms with E-state index in [1.54, 1.807) is 0 Å². The van der Waals surface area contributed by atoms with Crippen LogP contribution in [0.1, 0.15) is 38.7 Å². The van der Waals surface area contributed by atoms with Gasteiger partial charge in [0.05, 0.1) is 0 Å². The second-order valence-corrected chi connectivity index (χ2v) is 5.93. The smallest absolute Gasteiger partial charge is 0.00705 e. The lowest BCUT2D eigenvalue weighted by Crippen LogP contribution is -2.38. The molecule has 17 heavy (non-hydrogen) atoms. The summed E-state index contributed by atoms with van der Waals surface area (Å²) < 4.78 is 0. The Hall–Kier alpha value is -0.820. The number of rotatable bonds is 3. The molecule has 3 atom stereocenters. The monoisotopic (exact) mass is 231 g/mol. The molecule has 1 aliphatic carbocycles. The maximum absolute atomic E-state index is 6.29. The summed E-state index contributed by atoms with van der Waals surface area (Å²) in [5.41, 5.74) is 7.73. The lowest BCUT2D eigenvalue weighted by atomic mass is 9.72. The van der Waals surface area contributed by atoms with Gasteiger partial charge in [-0.3, -0.25) is 0 Å². The normalized spacial score (nSPS) is 29.5. The summed E-state index contributed by atoms with van der Waals surface area (Å²) in [6.07, 6.45) is 5.00. The minimum Gasteiger partial charge on any atom is -0.327 e. The second kappa shape index (κ2) is 5.68. The summed E-state index contributed by atoms with van der Waals surface area (Å²) in [4.78, 5) is 0. The van der Waals surface area contributed by atoms with E-state index >= 15 is 0 Å². The molecule has 1 nitrogen and oxygen atoms in total. The molecule has 0 aliphatic heterocycles. The Bertz CT molecular complexity index is 331. The van der Waals surface area contributed by atoms with Crippen molar-refractivity contribution in [2.24, 2.45) is 23.5 Å². The number of hydrogen-bond acceptors (Lipinski definition) is 1. The fourth-order valence-corrected chi connectivity index (χ4v) is 3.08. The van der Waals surface area contributed by atoms with Gasteiger partial charge in [0, 0.05) is 6.04 Å². The molecule has 94 valence electrons. The van der Waals surface area contributed by atoms with E-state index in [-0.39, 0.29) is 0 Å². The molecule has 0 radical (unpaired) electrons. The first-order chi connectivity index (χ1) is 8.16. The molecule has 0 aromatic heterocycles. The predicted molar refractivity (Wildman–Crippen MR) is 73.8 cm³/mol. The van der Waals surface area contributed by atoms with Gasteiger partial charge in [0.25, 0.3) is 0 Å². The van der Waals surface area contributed by atoms with Crippen molar-refractivity contribution in [1.82, 2.24) is 0 Å². The number of hydrogen-bond donors (Lipinski definition) is 1. The van der Waals surface area contributed by atoms with Gasteiger partial charge in [0.1, 0.15) is 0 Å². The lowest BCUT2D eigenvalue weighted by molar-refractivity contribution is 0.189. The third-order valence-corrected chi connectivity index (χ3v) is 4.37. The van der Waals surface area contributed by atoms with Gasteiger partial charge in [-0.2, -0.15) is 0 Å². The van der Waals surface area contributed by atoms with Crippen molar-refractivity contribution < 1.29 is 0 Å². The molecule has 2 N–H and O–H groups in total. The topological polar surface area (TPSA) is 26.0 Å². The molecule has 1 saturated carbocycles. The standard InChI is InChI=1S/C16H25N/c1-12(2)14-8-9-16(17)15(11-14)10-13-6-4-3-5-7-13/h3-7,12,14-16H,8-11,17H2,1-2H3/t14?,15-,16?/m0/s1. The summed E-state index contributed by atoms with van der Waals surface area (Å²) >= 11 is 0. The summed E-state index contributed by atoms with van der Waals surface area (Å²) in [5, 5.41) is 0. The molecule has 1 aromatic rings. The van der Waals surface area contributed by atoms with E-state index in [1.807, 2.05) is 0 Å². The van der Waals surface area contributed by atoms with Gasteiger partial charge < -0.3 is 5.73 Å². The molecule has 1 heteroatoms. The maximum Gasteiger partial charge on any atom is 0.00705 e. The number of nitrogens with two attached hydrogens (primary N) is 1. The molecule has 1 aliphatic rings. The maximum atomic E-state index is 6.29. The molecule has 0 saturated heterocycles. The highest BCUT2D eigenvalue weighted by Crippen LogP contribution is 2.34. The van der Waals surface area contributed by atoms with E-state index in [9.17, 15) is 0 Å². The van der Waals surface area contributed by atoms with Crippen molar-refractivity contribution >= 4 is 0 Å². The Morgan fingerprint density at radius 2 is 1.88 bits per heavy atom. The van der Waals surface area contributed by atoms with Crippen LogP contribution in [0, 0.1) is 17.8 Å². The molecular weight excluding hydrogens is 206 g/mol. The van der Waals surface area contributed by atoms with Gasteiger partial charge in [-0.15, -0.1) is 0 Å². The van der Waals surface area contributed by atoms with Crippen molar-refractivity contribution in [3.63, 3.8) is 0 Å². The molecular formula is C16H25N. The minimum absolute atomic E-state index is 0.408. The highest BCUT2D eigenvalue weighted by molar-refractivity contribution is 5.15. The van der Waals surface area contributed by atoms with Crippen molar-refractivity contribution in [3.05, 3.63) is 35.9 Å². The van der Waals surface area contributed by atoms with Crippen molar-refractivity contribution in [2.75, 3.05) is 0 Å². The molecule has 0 heterocycles. The van der Waals surface area contributed by atoms with Crippen molar-refractivity contribution in [2.45, 2.75) is 45.6 Å². The molecule has 0 amide bonds. The summed E-state index contributed by atoms with van der Waals surface area (Å²) in [7, 11) is 0. The quantitative estimate of drug-likeness (QED) is 0.844. The molecule has 0 spiro atoms. The predicted octanol–water partition coefficient (Wildman–Crippen LogP) is 3.63. The van der Waals surface area contributed by atoms with Crippen LogP contribution in [0.4, 0.5) is 0 Å². The zero-order valence-electron chi connectivity index (χ0n) is 11.1. The van der Waals surface area contributed by atoms with Gasteiger partial charge >= 0.3 is 0 Å². The van der Waals surface area contributed by atoms with Crippen molar-refractivity contribution in [3.8, 4) is 0 Å². The van der Waals surface area contributed by atoms with Crippen LogP contribution in [0.25, 0.3) is 0 Å². The lowest BCUT2D eigenvalue weighted by Gasteiger charge is -2.36. The average molecular weight is 231 g/mol. The highest BCUT2D eigenvalue weighted by Gasteiger charge is 2.29. The Morgan fingerprint density at radius 3 is 2.53 bits per heavy atom. The molecule has 2 rings (SSSR count). The zero-order chi connectivity index (χ0) is 12.3. The van der Waals surface area contributed by atoms with Crippen LogP contribution in [0.15, 0.2) is 30.3 Å². The van der Waals surface area contributed by atoms with E-state index in [4.69, 9.17) is 5.73 Å². The van der Waals surface area contributed by atoms with E-state index in [1.165, 1.54) is 24.8 Å². The van der Waals surface area contributed by atoms with E-state index < -0.39 is 0 Å². The SMILES string of the molecule is CC(C)C1CCC(N)[C@@H](Cc2ccccc2)C1. The minimum atomic E-state index is 0.408. The van der Waals surface area contributed by atoms with Crippen LogP contribution >= 0.6 is 0 Å². The van der Waals surface area contributed by atoms with Crippen LogP contribution in [-0.4, -0.2) is 6.04 Å². The van der Waals surface area contributed by atoms with E-state index in [2.05, 4.69) is 44.2 Å². The van der Waals surface area contributed by atoms with Crippen LogP contribution in [0.3, 0.4) is 0 Å². The third-order valence-electron chi connectivity index (χ3n) is 4.37. The van der Waals surface area contributed by atoms with Crippen LogP contribution in [0.2, 0.25) is 0 Å². The summed E-state index contributed by atoms with van der Waals surface area (Å²) in [6, 6.07) is 11.2. The van der Waals surface area contributed by atoms with Gasteiger partial charge in [-0.05, 0) is 49.0 Å². The zero-order valence-corrected chi connectivity index (χ0v) is 11.1. The van der Waals surface area contributed by atoms with Crippen molar-refractivity contribution in [1.29, 1.82) is 0 Å². The molecule has 0 bridgehead atoms. The van der Waals surface area contributed by atoms with Gasteiger partial charge in [0.15, 0.2) is 0 Å². The fourth-order valence-electron chi connectivity index (χ4n) is 3.08. The van der Waals surface area contributed by atoms with Crippen LogP contribution in [-0.2, 0) is 6.42 Å². The fraction of sp³-hybridized carbons (Fsp3) is 0.625. The number of benzene rings is 1. The van der Waals surface area contributed by atoms with Crippen LogP contribution < -0.4 is 5.73 Å². The first-order valence-electron chi connectivity index (χ1n) is 6.96. The van der Waals surface area contributed by atoms with E-state index in [0.717, 1.165) is 18.3 Å². The first kappa shape index (κ1) is 12.6. The summed E-state index contributed by atoms with van der Waals surface area (Å²) in [6.45, 7) is 4.70.